The second-order valence-corrected chi connectivity index (χ2v) is 4.45. The van der Waals surface area contributed by atoms with Gasteiger partial charge in [0, 0.05) is 12.1 Å². The second-order valence-electron chi connectivity index (χ2n) is 4.45. The fraction of sp³-hybridized carbons (Fsp3) is 0.500. The highest BCUT2D eigenvalue weighted by molar-refractivity contribution is 5.36. The summed E-state index contributed by atoms with van der Waals surface area (Å²) in [6.07, 6.45) is 2.18. The third-order valence-electron chi connectivity index (χ3n) is 3.49. The van der Waals surface area contributed by atoms with E-state index >= 15 is 0 Å². The van der Waals surface area contributed by atoms with E-state index in [0.29, 0.717) is 0 Å². The monoisotopic (exact) mass is 190 g/mol. The highest BCUT2D eigenvalue weighted by atomic mass is 15.2. The van der Waals surface area contributed by atoms with E-state index in [0.717, 1.165) is 19.4 Å². The zero-order chi connectivity index (χ0) is 10.2. The molecule has 0 unspecified atom stereocenters. The summed E-state index contributed by atoms with van der Waals surface area (Å²) in [7, 11) is 4.25. The van der Waals surface area contributed by atoms with Crippen molar-refractivity contribution >= 4 is 0 Å². The van der Waals surface area contributed by atoms with Gasteiger partial charge in [-0.2, -0.15) is 0 Å². The van der Waals surface area contributed by atoms with E-state index in [1.165, 1.54) is 11.1 Å². The summed E-state index contributed by atoms with van der Waals surface area (Å²) < 4.78 is 0. The van der Waals surface area contributed by atoms with Gasteiger partial charge in [-0.25, -0.2) is 0 Å². The number of hydrogen-bond donors (Lipinski definition) is 1. The molecule has 2 nitrogen and oxygen atoms in total. The number of nitrogens with zero attached hydrogens (tertiary/aromatic N) is 1. The highest BCUT2D eigenvalue weighted by Crippen LogP contribution is 2.32. The number of fused-ring (bicyclic) bond motifs is 1. The molecule has 14 heavy (non-hydrogen) atoms. The SMILES string of the molecule is CN(C)C1(CN)Cc2ccccc2C1. The van der Waals surface area contributed by atoms with Gasteiger partial charge in [0.1, 0.15) is 0 Å². The Kier molecular flexibility index (Phi) is 2.33. The molecule has 1 aliphatic rings. The van der Waals surface area contributed by atoms with Crippen molar-refractivity contribution in [3.63, 3.8) is 0 Å². The Balaban J connectivity index is 2.32. The second kappa shape index (κ2) is 3.37. The summed E-state index contributed by atoms with van der Waals surface area (Å²) in [6.45, 7) is 0.731. The molecule has 0 aromatic heterocycles. The molecule has 0 spiro atoms. The van der Waals surface area contributed by atoms with E-state index in [-0.39, 0.29) is 5.54 Å². The third-order valence-corrected chi connectivity index (χ3v) is 3.49. The van der Waals surface area contributed by atoms with Crippen molar-refractivity contribution in [2.24, 2.45) is 5.73 Å². The van der Waals surface area contributed by atoms with Gasteiger partial charge in [-0.15, -0.1) is 0 Å². The molecule has 0 bridgehead atoms. The molecule has 0 aliphatic heterocycles. The average Bonchev–Trinajstić information content (AvgIpc) is 2.57. The van der Waals surface area contributed by atoms with Crippen LogP contribution in [-0.2, 0) is 12.8 Å². The van der Waals surface area contributed by atoms with Gasteiger partial charge in [-0.3, -0.25) is 0 Å². The Labute approximate surface area is 85.7 Å². The van der Waals surface area contributed by atoms with E-state index in [2.05, 4.69) is 43.3 Å². The van der Waals surface area contributed by atoms with Gasteiger partial charge in [-0.1, -0.05) is 24.3 Å². The van der Waals surface area contributed by atoms with Crippen LogP contribution in [-0.4, -0.2) is 31.1 Å². The summed E-state index contributed by atoms with van der Waals surface area (Å²) in [6, 6.07) is 8.66. The average molecular weight is 190 g/mol. The lowest BCUT2D eigenvalue weighted by Crippen LogP contribution is -2.51. The van der Waals surface area contributed by atoms with Crippen molar-refractivity contribution in [1.29, 1.82) is 0 Å². The summed E-state index contributed by atoms with van der Waals surface area (Å²) in [5.41, 5.74) is 8.99. The minimum Gasteiger partial charge on any atom is -0.329 e. The molecule has 2 rings (SSSR count). The number of hydrogen-bond acceptors (Lipinski definition) is 2. The summed E-state index contributed by atoms with van der Waals surface area (Å²) in [5.74, 6) is 0. The van der Waals surface area contributed by atoms with E-state index in [9.17, 15) is 0 Å². The van der Waals surface area contributed by atoms with E-state index < -0.39 is 0 Å². The standard InChI is InChI=1S/C12H18N2/c1-14(2)12(9-13)7-10-5-3-4-6-11(10)8-12/h3-6H,7-9,13H2,1-2H3. The molecule has 0 amide bonds. The van der Waals surface area contributed by atoms with E-state index in [4.69, 9.17) is 5.73 Å². The van der Waals surface area contributed by atoms with Gasteiger partial charge in [0.05, 0.1) is 0 Å². The van der Waals surface area contributed by atoms with Gasteiger partial charge in [0.25, 0.3) is 0 Å². The molecule has 0 atom stereocenters. The van der Waals surface area contributed by atoms with Crippen LogP contribution in [0.3, 0.4) is 0 Å². The van der Waals surface area contributed by atoms with Crippen molar-refractivity contribution in [3.8, 4) is 0 Å². The van der Waals surface area contributed by atoms with Gasteiger partial charge in [0.2, 0.25) is 0 Å². The maximum absolute atomic E-state index is 5.91. The molecule has 1 aromatic rings. The molecule has 0 heterocycles. The van der Waals surface area contributed by atoms with Gasteiger partial charge in [0.15, 0.2) is 0 Å². The number of benzene rings is 1. The zero-order valence-electron chi connectivity index (χ0n) is 8.96. The lowest BCUT2D eigenvalue weighted by Gasteiger charge is -2.35. The van der Waals surface area contributed by atoms with Crippen molar-refractivity contribution in [1.82, 2.24) is 4.90 Å². The Hall–Kier alpha value is -0.860. The minimum atomic E-state index is 0.156. The highest BCUT2D eigenvalue weighted by Gasteiger charge is 2.37. The molecule has 1 aliphatic carbocycles. The van der Waals surface area contributed by atoms with Crippen molar-refractivity contribution in [2.45, 2.75) is 18.4 Å². The summed E-state index contributed by atoms with van der Waals surface area (Å²) in [4.78, 5) is 2.27. The number of rotatable bonds is 2. The Morgan fingerprint density at radius 3 is 2.07 bits per heavy atom. The predicted molar refractivity (Wildman–Crippen MR) is 59.3 cm³/mol. The van der Waals surface area contributed by atoms with Crippen LogP contribution in [0.2, 0.25) is 0 Å². The van der Waals surface area contributed by atoms with Crippen LogP contribution in [0.15, 0.2) is 24.3 Å². The fourth-order valence-electron chi connectivity index (χ4n) is 2.32. The maximum Gasteiger partial charge on any atom is 0.0406 e. The minimum absolute atomic E-state index is 0.156. The Bertz CT molecular complexity index is 306. The number of nitrogens with two attached hydrogens (primary N) is 1. The van der Waals surface area contributed by atoms with Crippen LogP contribution in [0.4, 0.5) is 0 Å². The molecule has 1 aromatic carbocycles. The number of likely N-dealkylation sites (N-methyl/N-ethyl adjacent to an activating group) is 1. The molecule has 0 saturated heterocycles. The van der Waals surface area contributed by atoms with Crippen molar-refractivity contribution < 1.29 is 0 Å². The summed E-state index contributed by atoms with van der Waals surface area (Å²) in [5, 5.41) is 0. The molecule has 0 fully saturated rings. The van der Waals surface area contributed by atoms with Crippen molar-refractivity contribution in [2.75, 3.05) is 20.6 Å². The molecule has 2 heteroatoms. The quantitative estimate of drug-likeness (QED) is 0.755. The first-order valence-electron chi connectivity index (χ1n) is 5.12. The predicted octanol–water partition coefficient (Wildman–Crippen LogP) is 1.04. The largest absolute Gasteiger partial charge is 0.329 e. The smallest absolute Gasteiger partial charge is 0.0406 e. The fourth-order valence-corrected chi connectivity index (χ4v) is 2.32. The lowest BCUT2D eigenvalue weighted by atomic mass is 9.94. The maximum atomic E-state index is 5.91. The molecule has 0 radical (unpaired) electrons. The van der Waals surface area contributed by atoms with Crippen LogP contribution < -0.4 is 5.73 Å². The molecule has 2 N–H and O–H groups in total. The normalized spacial score (nSPS) is 18.6. The van der Waals surface area contributed by atoms with Gasteiger partial charge >= 0.3 is 0 Å². The first-order chi connectivity index (χ1) is 6.68. The molecule has 76 valence electrons. The van der Waals surface area contributed by atoms with Crippen LogP contribution in [0.5, 0.6) is 0 Å². The van der Waals surface area contributed by atoms with Gasteiger partial charge in [-0.05, 0) is 38.1 Å². The first-order valence-corrected chi connectivity index (χ1v) is 5.12. The van der Waals surface area contributed by atoms with Crippen LogP contribution >= 0.6 is 0 Å². The topological polar surface area (TPSA) is 29.3 Å². The Morgan fingerprint density at radius 1 is 1.21 bits per heavy atom. The lowest BCUT2D eigenvalue weighted by molar-refractivity contribution is 0.171. The molecule has 0 saturated carbocycles. The Morgan fingerprint density at radius 2 is 1.71 bits per heavy atom. The first kappa shape index (κ1) is 9.69. The van der Waals surface area contributed by atoms with Gasteiger partial charge < -0.3 is 10.6 Å². The van der Waals surface area contributed by atoms with E-state index in [1.807, 2.05) is 0 Å². The van der Waals surface area contributed by atoms with Crippen LogP contribution in [0.25, 0.3) is 0 Å². The van der Waals surface area contributed by atoms with Crippen molar-refractivity contribution in [3.05, 3.63) is 35.4 Å². The zero-order valence-corrected chi connectivity index (χ0v) is 8.96. The molecular weight excluding hydrogens is 172 g/mol. The van der Waals surface area contributed by atoms with E-state index in [1.54, 1.807) is 0 Å². The van der Waals surface area contributed by atoms with Crippen LogP contribution in [0, 0.1) is 0 Å². The molecular formula is C12H18N2. The summed E-state index contributed by atoms with van der Waals surface area (Å²) >= 11 is 0. The van der Waals surface area contributed by atoms with Crippen LogP contribution in [0.1, 0.15) is 11.1 Å². The third kappa shape index (κ3) is 1.35.